The molecule has 6 nitrogen and oxygen atoms in total. The molecule has 0 saturated carbocycles. The lowest BCUT2D eigenvalue weighted by molar-refractivity contribution is 0.0692. The summed E-state index contributed by atoms with van der Waals surface area (Å²) in [6, 6.07) is 12.3. The number of imidazole rings is 1. The number of aromatic nitrogens is 3. The first-order chi connectivity index (χ1) is 15.1. The lowest BCUT2D eigenvalue weighted by Gasteiger charge is -2.30. The average molecular weight is 418 g/mol. The second-order valence-corrected chi connectivity index (χ2v) is 8.08. The maximum absolute atomic E-state index is 13.4. The van der Waals surface area contributed by atoms with E-state index in [4.69, 9.17) is 4.42 Å². The molecule has 1 saturated heterocycles. The van der Waals surface area contributed by atoms with Gasteiger partial charge in [0.05, 0.1) is 12.1 Å². The molecule has 1 aromatic carbocycles. The Bertz CT molecular complexity index is 1250. The molecule has 0 unspecified atom stereocenters. The van der Waals surface area contributed by atoms with E-state index in [2.05, 4.69) is 9.97 Å². The minimum atomic E-state index is -0.263. The molecule has 0 radical (unpaired) electrons. The van der Waals surface area contributed by atoms with Crippen LogP contribution in [0, 0.1) is 12.7 Å². The predicted octanol–water partition coefficient (Wildman–Crippen LogP) is 4.38. The van der Waals surface area contributed by atoms with Gasteiger partial charge in [-0.2, -0.15) is 0 Å². The predicted molar refractivity (Wildman–Crippen MR) is 114 cm³/mol. The minimum absolute atomic E-state index is 0.0396. The zero-order chi connectivity index (χ0) is 21.4. The van der Waals surface area contributed by atoms with Crippen molar-refractivity contribution in [2.45, 2.75) is 32.1 Å². The molecule has 158 valence electrons. The van der Waals surface area contributed by atoms with E-state index in [9.17, 15) is 9.18 Å². The van der Waals surface area contributed by atoms with E-state index in [1.807, 2.05) is 40.5 Å². The maximum Gasteiger partial charge on any atom is 0.274 e. The number of fused-ring (bicyclic) bond motifs is 1. The van der Waals surface area contributed by atoms with Crippen LogP contribution < -0.4 is 0 Å². The molecular weight excluding hydrogens is 395 g/mol. The van der Waals surface area contributed by atoms with Gasteiger partial charge in [-0.3, -0.25) is 4.79 Å². The first kappa shape index (κ1) is 19.5. The number of hydrogen-bond acceptors (Lipinski definition) is 4. The van der Waals surface area contributed by atoms with Crippen LogP contribution in [0.4, 0.5) is 4.39 Å². The first-order valence-corrected chi connectivity index (χ1v) is 10.5. The summed E-state index contributed by atoms with van der Waals surface area (Å²) in [6.45, 7) is 3.23. The van der Waals surface area contributed by atoms with Gasteiger partial charge in [0.2, 0.25) is 0 Å². The number of carbonyl (C=O) groups excluding carboxylic acids is 1. The Balaban J connectivity index is 1.30. The van der Waals surface area contributed by atoms with Gasteiger partial charge in [0.1, 0.15) is 22.9 Å². The molecule has 4 aromatic rings. The second kappa shape index (κ2) is 7.98. The van der Waals surface area contributed by atoms with Gasteiger partial charge in [-0.15, -0.1) is 0 Å². The molecule has 31 heavy (non-hydrogen) atoms. The topological polar surface area (TPSA) is 63.6 Å². The monoisotopic (exact) mass is 418 g/mol. The van der Waals surface area contributed by atoms with Gasteiger partial charge in [0.25, 0.3) is 5.91 Å². The lowest BCUT2D eigenvalue weighted by atomic mass is 9.98. The van der Waals surface area contributed by atoms with Crippen LogP contribution >= 0.6 is 0 Å². The van der Waals surface area contributed by atoms with Crippen molar-refractivity contribution in [2.75, 3.05) is 13.1 Å². The summed E-state index contributed by atoms with van der Waals surface area (Å²) in [5, 5.41) is 0. The number of aryl methyl sites for hydroxylation is 1. The number of nitrogens with zero attached hydrogens (tertiary/aromatic N) is 4. The molecule has 0 spiro atoms. The molecule has 5 rings (SSSR count). The van der Waals surface area contributed by atoms with Crippen molar-refractivity contribution in [3.63, 3.8) is 0 Å². The van der Waals surface area contributed by atoms with Gasteiger partial charge in [0.15, 0.2) is 5.89 Å². The number of pyridine rings is 1. The molecule has 0 N–H and O–H groups in total. The van der Waals surface area contributed by atoms with Crippen LogP contribution in [0.1, 0.15) is 52.2 Å². The van der Waals surface area contributed by atoms with E-state index in [1.165, 1.54) is 12.1 Å². The van der Waals surface area contributed by atoms with Crippen LogP contribution in [-0.2, 0) is 6.42 Å². The fraction of sp³-hybridized carbons (Fsp3) is 0.292. The number of likely N-dealkylation sites (tertiary alicyclic amines) is 1. The average Bonchev–Trinajstić information content (AvgIpc) is 3.41. The molecule has 0 aliphatic carbocycles. The summed E-state index contributed by atoms with van der Waals surface area (Å²) in [5.41, 5.74) is 3.09. The van der Waals surface area contributed by atoms with Crippen LogP contribution in [0.5, 0.6) is 0 Å². The van der Waals surface area contributed by atoms with E-state index in [0.717, 1.165) is 29.7 Å². The second-order valence-electron chi connectivity index (χ2n) is 8.08. The Morgan fingerprint density at radius 2 is 2.13 bits per heavy atom. The number of piperidine rings is 1. The molecule has 1 amide bonds. The van der Waals surface area contributed by atoms with Crippen LogP contribution in [-0.4, -0.2) is 38.3 Å². The van der Waals surface area contributed by atoms with Crippen LogP contribution in [0.2, 0.25) is 0 Å². The van der Waals surface area contributed by atoms with E-state index in [1.54, 1.807) is 18.5 Å². The summed E-state index contributed by atoms with van der Waals surface area (Å²) in [6.07, 6.45) is 5.78. The Kier molecular flexibility index (Phi) is 5.02. The molecule has 7 heteroatoms. The highest BCUT2D eigenvalue weighted by atomic mass is 19.1. The highest BCUT2D eigenvalue weighted by Crippen LogP contribution is 2.28. The summed E-state index contributed by atoms with van der Waals surface area (Å²) in [7, 11) is 0. The number of carbonyl (C=O) groups is 1. The molecule has 1 atom stereocenters. The number of amides is 1. The largest absolute Gasteiger partial charge is 0.445 e. The van der Waals surface area contributed by atoms with Crippen LogP contribution in [0.3, 0.4) is 0 Å². The third kappa shape index (κ3) is 3.95. The Labute approximate surface area is 179 Å². The standard InChI is InChI=1S/C24H23FN4O2/c1-16-5-2-9-22-27-21(15-29(16)22)24(30)28-10-4-7-18(14-28)23-26-13-20(31-23)12-17-6-3-8-19(25)11-17/h2-3,5-6,8-9,11,13,15,18H,4,7,10,12,14H2,1H3/t18-/m1/s1. The van der Waals surface area contributed by atoms with E-state index >= 15 is 0 Å². The summed E-state index contributed by atoms with van der Waals surface area (Å²) < 4.78 is 21.3. The minimum Gasteiger partial charge on any atom is -0.445 e. The Hall–Kier alpha value is -3.48. The highest BCUT2D eigenvalue weighted by molar-refractivity contribution is 5.93. The Morgan fingerprint density at radius 1 is 1.26 bits per heavy atom. The molecular formula is C24H23FN4O2. The molecule has 0 bridgehead atoms. The number of hydrogen-bond donors (Lipinski definition) is 0. The Morgan fingerprint density at radius 3 is 2.97 bits per heavy atom. The highest BCUT2D eigenvalue weighted by Gasteiger charge is 2.29. The molecule has 1 aliphatic rings. The summed E-state index contributed by atoms with van der Waals surface area (Å²) >= 11 is 0. The molecule has 4 heterocycles. The maximum atomic E-state index is 13.4. The first-order valence-electron chi connectivity index (χ1n) is 10.5. The van der Waals surface area contributed by atoms with Gasteiger partial charge < -0.3 is 13.7 Å². The van der Waals surface area contributed by atoms with Gasteiger partial charge in [-0.25, -0.2) is 14.4 Å². The van der Waals surface area contributed by atoms with Crippen molar-refractivity contribution in [3.8, 4) is 0 Å². The normalized spacial score (nSPS) is 16.7. The van der Waals surface area contributed by atoms with Gasteiger partial charge >= 0.3 is 0 Å². The quantitative estimate of drug-likeness (QED) is 0.493. The van der Waals surface area contributed by atoms with Crippen LogP contribution in [0.15, 0.2) is 59.3 Å². The third-order valence-electron chi connectivity index (χ3n) is 5.81. The van der Waals surface area contributed by atoms with Gasteiger partial charge in [0, 0.05) is 31.4 Å². The van der Waals surface area contributed by atoms with E-state index < -0.39 is 0 Å². The van der Waals surface area contributed by atoms with Gasteiger partial charge in [-0.1, -0.05) is 18.2 Å². The summed E-state index contributed by atoms with van der Waals surface area (Å²) in [4.78, 5) is 23.9. The fourth-order valence-corrected chi connectivity index (χ4v) is 4.22. The van der Waals surface area contributed by atoms with Crippen molar-refractivity contribution in [1.29, 1.82) is 0 Å². The number of rotatable bonds is 4. The van der Waals surface area contributed by atoms with Crippen molar-refractivity contribution in [1.82, 2.24) is 19.3 Å². The molecule has 1 fully saturated rings. The van der Waals surface area contributed by atoms with Crippen molar-refractivity contribution >= 4 is 11.6 Å². The molecule has 3 aromatic heterocycles. The van der Waals surface area contributed by atoms with Crippen molar-refractivity contribution in [2.24, 2.45) is 0 Å². The molecule has 1 aliphatic heterocycles. The number of halogens is 1. The van der Waals surface area contributed by atoms with Crippen molar-refractivity contribution in [3.05, 3.63) is 89.3 Å². The fourth-order valence-electron chi connectivity index (χ4n) is 4.22. The van der Waals surface area contributed by atoms with Crippen LogP contribution in [0.25, 0.3) is 5.65 Å². The zero-order valence-electron chi connectivity index (χ0n) is 17.3. The van der Waals surface area contributed by atoms with E-state index in [0.29, 0.717) is 36.9 Å². The summed E-state index contributed by atoms with van der Waals surface area (Å²) in [5.74, 6) is 1.03. The SMILES string of the molecule is Cc1cccc2nc(C(=O)N3CCC[C@@H](c4ncc(Cc5cccc(F)c5)o4)C3)cn12. The van der Waals surface area contributed by atoms with Gasteiger partial charge in [-0.05, 0) is 49.6 Å². The lowest BCUT2D eigenvalue weighted by Crippen LogP contribution is -2.39. The zero-order valence-corrected chi connectivity index (χ0v) is 17.3. The third-order valence-corrected chi connectivity index (χ3v) is 5.81. The number of oxazole rings is 1. The van der Waals surface area contributed by atoms with E-state index in [-0.39, 0.29) is 17.6 Å². The number of benzene rings is 1. The van der Waals surface area contributed by atoms with Crippen molar-refractivity contribution < 1.29 is 13.6 Å². The smallest absolute Gasteiger partial charge is 0.274 e.